The van der Waals surface area contributed by atoms with Crippen LogP contribution in [-0.4, -0.2) is 41.3 Å². The molecule has 23 heavy (non-hydrogen) atoms. The number of rotatable bonds is 4. The maximum Gasteiger partial charge on any atom is 0.339 e. The quantitative estimate of drug-likeness (QED) is 0.593. The lowest BCUT2D eigenvalue weighted by Crippen LogP contribution is -2.64. The van der Waals surface area contributed by atoms with Crippen molar-refractivity contribution in [3.8, 4) is 0 Å². The van der Waals surface area contributed by atoms with Crippen molar-refractivity contribution in [1.29, 1.82) is 0 Å². The third-order valence-corrected chi connectivity index (χ3v) is 4.87. The number of halogens is 1. The van der Waals surface area contributed by atoms with Gasteiger partial charge >= 0.3 is 5.97 Å². The van der Waals surface area contributed by atoms with Crippen LogP contribution in [0.5, 0.6) is 0 Å². The van der Waals surface area contributed by atoms with Gasteiger partial charge in [0, 0.05) is 11.0 Å². The number of nitrogens with zero attached hydrogens (tertiary/aromatic N) is 1. The molecule has 1 unspecified atom stereocenters. The highest BCUT2D eigenvalue weighted by Gasteiger charge is 2.53. The normalized spacial score (nSPS) is 20.9. The van der Waals surface area contributed by atoms with Crippen molar-refractivity contribution in [1.82, 2.24) is 4.90 Å². The zero-order valence-electron chi connectivity index (χ0n) is 13.3. The molecule has 1 fully saturated rings. The summed E-state index contributed by atoms with van der Waals surface area (Å²) in [5.74, 6) is -1.32. The number of carbonyl (C=O) groups is 3. The Morgan fingerprint density at radius 2 is 1.96 bits per heavy atom. The summed E-state index contributed by atoms with van der Waals surface area (Å²) in [7, 11) is 0. The first kappa shape index (κ1) is 17.7. The van der Waals surface area contributed by atoms with Crippen molar-refractivity contribution in [2.45, 2.75) is 38.6 Å². The van der Waals surface area contributed by atoms with Crippen molar-refractivity contribution in [2.24, 2.45) is 0 Å². The maximum atomic E-state index is 13.0. The fourth-order valence-electron chi connectivity index (χ4n) is 3.00. The average Bonchev–Trinajstić information content (AvgIpc) is 2.54. The Kier molecular flexibility index (Phi) is 5.57. The Labute approximate surface area is 144 Å². The molecule has 0 aliphatic carbocycles. The monoisotopic (exact) mass is 381 g/mol. The van der Waals surface area contributed by atoms with Crippen LogP contribution in [0.1, 0.15) is 43.5 Å². The molecule has 0 aromatic heterocycles. The minimum Gasteiger partial charge on any atom is -0.464 e. The zero-order chi connectivity index (χ0) is 17.0. The Hall–Kier alpha value is -1.69. The highest BCUT2D eigenvalue weighted by atomic mass is 79.9. The van der Waals surface area contributed by atoms with Gasteiger partial charge in [-0.05, 0) is 61.2 Å². The van der Waals surface area contributed by atoms with E-state index in [1.54, 1.807) is 31.2 Å². The van der Waals surface area contributed by atoms with Crippen molar-refractivity contribution in [3.05, 3.63) is 34.3 Å². The lowest BCUT2D eigenvalue weighted by atomic mass is 9.82. The van der Waals surface area contributed by atoms with Crippen LogP contribution in [0.25, 0.3) is 0 Å². The summed E-state index contributed by atoms with van der Waals surface area (Å²) >= 11 is 3.36. The van der Waals surface area contributed by atoms with Gasteiger partial charge in [-0.25, -0.2) is 4.79 Å². The Bertz CT molecular complexity index is 631. The molecule has 1 aromatic rings. The molecule has 0 bridgehead atoms. The molecule has 5 nitrogen and oxygen atoms in total. The highest BCUT2D eigenvalue weighted by molar-refractivity contribution is 9.10. The number of likely N-dealkylation sites (tertiary alicyclic amines) is 1. The van der Waals surface area contributed by atoms with Crippen LogP contribution in [0.15, 0.2) is 28.7 Å². The average molecular weight is 382 g/mol. The first-order chi connectivity index (χ1) is 10.9. The molecule has 1 atom stereocenters. The highest BCUT2D eigenvalue weighted by Crippen LogP contribution is 2.33. The van der Waals surface area contributed by atoms with Gasteiger partial charge in [0.2, 0.25) is 0 Å². The van der Waals surface area contributed by atoms with E-state index >= 15 is 0 Å². The summed E-state index contributed by atoms with van der Waals surface area (Å²) in [5, 5.41) is 0. The Morgan fingerprint density at radius 1 is 1.26 bits per heavy atom. The third-order valence-electron chi connectivity index (χ3n) is 4.18. The number of amides is 1. The molecule has 0 spiro atoms. The van der Waals surface area contributed by atoms with Crippen LogP contribution in [0.2, 0.25) is 0 Å². The van der Waals surface area contributed by atoms with Crippen molar-refractivity contribution in [2.75, 3.05) is 13.2 Å². The van der Waals surface area contributed by atoms with E-state index in [4.69, 9.17) is 4.74 Å². The fourth-order valence-corrected chi connectivity index (χ4v) is 3.46. The van der Waals surface area contributed by atoms with E-state index in [9.17, 15) is 14.4 Å². The number of Topliss-reactive ketones (excluding diaryl/α,β-unsaturated/α-hetero) is 1. The van der Waals surface area contributed by atoms with Gasteiger partial charge in [-0.1, -0.05) is 12.1 Å². The van der Waals surface area contributed by atoms with Crippen LogP contribution >= 0.6 is 15.9 Å². The molecule has 124 valence electrons. The van der Waals surface area contributed by atoms with Crippen molar-refractivity contribution >= 4 is 33.6 Å². The zero-order valence-corrected chi connectivity index (χ0v) is 14.9. The summed E-state index contributed by atoms with van der Waals surface area (Å²) in [6.07, 6.45) is 1.76. The van der Waals surface area contributed by atoms with Crippen LogP contribution in [-0.2, 0) is 14.3 Å². The van der Waals surface area contributed by atoms with Gasteiger partial charge in [-0.3, -0.25) is 9.59 Å². The third kappa shape index (κ3) is 3.17. The van der Waals surface area contributed by atoms with Crippen LogP contribution in [0.3, 0.4) is 0 Å². The van der Waals surface area contributed by atoms with E-state index in [2.05, 4.69) is 15.9 Å². The predicted molar refractivity (Wildman–Crippen MR) is 89.1 cm³/mol. The fraction of sp³-hybridized carbons (Fsp3) is 0.471. The maximum absolute atomic E-state index is 13.0. The molecule has 1 aliphatic heterocycles. The molecule has 1 saturated heterocycles. The van der Waals surface area contributed by atoms with E-state index in [0.29, 0.717) is 29.4 Å². The molecule has 0 saturated carbocycles. The first-order valence-electron chi connectivity index (χ1n) is 7.70. The van der Waals surface area contributed by atoms with E-state index in [-0.39, 0.29) is 18.3 Å². The van der Waals surface area contributed by atoms with Gasteiger partial charge in [-0.15, -0.1) is 0 Å². The molecule has 1 heterocycles. The number of carbonyl (C=O) groups excluding carboxylic acids is 3. The lowest BCUT2D eigenvalue weighted by Gasteiger charge is -2.43. The summed E-state index contributed by atoms with van der Waals surface area (Å²) in [6, 6.07) is 7.00. The number of ether oxygens (including phenoxy) is 1. The molecule has 1 aromatic carbocycles. The lowest BCUT2D eigenvalue weighted by molar-refractivity contribution is -0.162. The summed E-state index contributed by atoms with van der Waals surface area (Å²) < 4.78 is 5.76. The predicted octanol–water partition coefficient (Wildman–Crippen LogP) is 2.97. The minimum absolute atomic E-state index is 0.172. The topological polar surface area (TPSA) is 63.7 Å². The van der Waals surface area contributed by atoms with Gasteiger partial charge < -0.3 is 9.64 Å². The molecule has 1 aliphatic rings. The van der Waals surface area contributed by atoms with Crippen molar-refractivity contribution < 1.29 is 19.1 Å². The van der Waals surface area contributed by atoms with E-state index in [1.807, 2.05) is 0 Å². The van der Waals surface area contributed by atoms with Crippen LogP contribution < -0.4 is 0 Å². The van der Waals surface area contributed by atoms with E-state index < -0.39 is 11.5 Å². The molecule has 2 rings (SSSR count). The summed E-state index contributed by atoms with van der Waals surface area (Å²) in [5.41, 5.74) is -1.08. The Balaban J connectivity index is 2.48. The van der Waals surface area contributed by atoms with E-state index in [0.717, 1.165) is 6.42 Å². The molecular formula is C17H20BrNO4. The van der Waals surface area contributed by atoms with Crippen molar-refractivity contribution in [3.63, 3.8) is 0 Å². The van der Waals surface area contributed by atoms with Gasteiger partial charge in [-0.2, -0.15) is 0 Å². The second kappa shape index (κ2) is 7.25. The van der Waals surface area contributed by atoms with E-state index in [1.165, 1.54) is 11.8 Å². The van der Waals surface area contributed by atoms with Gasteiger partial charge in [0.1, 0.15) is 0 Å². The summed E-state index contributed by atoms with van der Waals surface area (Å²) in [6.45, 7) is 3.57. The first-order valence-corrected chi connectivity index (χ1v) is 8.49. The number of hydrogen-bond donors (Lipinski definition) is 0. The minimum atomic E-state index is -1.51. The van der Waals surface area contributed by atoms with Gasteiger partial charge in [0.25, 0.3) is 5.91 Å². The number of benzene rings is 1. The van der Waals surface area contributed by atoms with Gasteiger partial charge in [0.15, 0.2) is 11.3 Å². The second-order valence-electron chi connectivity index (χ2n) is 5.53. The largest absolute Gasteiger partial charge is 0.464 e. The molecule has 0 radical (unpaired) electrons. The molecule has 1 amide bonds. The Morgan fingerprint density at radius 3 is 2.57 bits per heavy atom. The molecule has 0 N–H and O–H groups in total. The molecule has 6 heteroatoms. The number of piperidine rings is 1. The smallest absolute Gasteiger partial charge is 0.339 e. The molecular weight excluding hydrogens is 362 g/mol. The van der Waals surface area contributed by atoms with Crippen LogP contribution in [0, 0.1) is 0 Å². The van der Waals surface area contributed by atoms with Crippen LogP contribution in [0.4, 0.5) is 0 Å². The number of hydrogen-bond acceptors (Lipinski definition) is 4. The summed E-state index contributed by atoms with van der Waals surface area (Å²) in [4.78, 5) is 39.3. The van der Waals surface area contributed by atoms with Gasteiger partial charge in [0.05, 0.1) is 12.2 Å². The number of esters is 1. The SMILES string of the molecule is CCOC(=O)C1(C(C)=O)CCCCN1C(=O)c1ccccc1Br. The standard InChI is InChI=1S/C17H20BrNO4/c1-3-23-16(22)17(12(2)20)10-6-7-11-19(17)15(21)13-8-4-5-9-14(13)18/h4-5,8-9H,3,6-7,10-11H2,1-2H3. The second-order valence-corrected chi connectivity index (χ2v) is 6.39. The number of ketones is 1.